The van der Waals surface area contributed by atoms with Crippen LogP contribution in [0, 0.1) is 5.82 Å². The van der Waals surface area contributed by atoms with Gasteiger partial charge in [-0.25, -0.2) is 22.3 Å². The summed E-state index contributed by atoms with van der Waals surface area (Å²) in [4.78, 5) is 10.1. The summed E-state index contributed by atoms with van der Waals surface area (Å²) in [6.45, 7) is 0. The highest BCUT2D eigenvalue weighted by atomic mass is 32.2. The molecule has 0 bridgehead atoms. The van der Waals surface area contributed by atoms with Gasteiger partial charge in [0.05, 0.1) is 11.7 Å². The molecular weight excluding hydrogens is 289 g/mol. The van der Waals surface area contributed by atoms with Crippen LogP contribution in [0.3, 0.4) is 0 Å². The van der Waals surface area contributed by atoms with Crippen molar-refractivity contribution in [2.45, 2.75) is 29.9 Å². The number of aromatic carboxylic acids is 1. The molecule has 0 saturated heterocycles. The number of carboxylic acids is 1. The fraction of sp³-hybridized carbons (Fsp3) is 0.417. The molecule has 0 unspecified atom stereocenters. The van der Waals surface area contributed by atoms with Crippen molar-refractivity contribution in [3.8, 4) is 0 Å². The van der Waals surface area contributed by atoms with Crippen LogP contribution in [0.4, 0.5) is 4.39 Å². The van der Waals surface area contributed by atoms with Crippen LogP contribution in [0.5, 0.6) is 0 Å². The summed E-state index contributed by atoms with van der Waals surface area (Å²) >= 11 is 0. The molecule has 20 heavy (non-hydrogen) atoms. The van der Waals surface area contributed by atoms with Crippen LogP contribution in [-0.4, -0.2) is 38.7 Å². The van der Waals surface area contributed by atoms with Gasteiger partial charge in [-0.2, -0.15) is 0 Å². The number of hydrogen-bond donors (Lipinski definition) is 2. The Bertz CT molecular complexity index is 625. The minimum atomic E-state index is -4.00. The minimum absolute atomic E-state index is 0.0157. The third-order valence-corrected chi connectivity index (χ3v) is 4.77. The van der Waals surface area contributed by atoms with Crippen molar-refractivity contribution < 1.29 is 27.4 Å². The van der Waals surface area contributed by atoms with Crippen LogP contribution in [0.2, 0.25) is 0 Å². The lowest BCUT2D eigenvalue weighted by molar-refractivity contribution is 0.0236. The molecule has 1 aromatic rings. The van der Waals surface area contributed by atoms with Crippen molar-refractivity contribution in [1.82, 2.24) is 4.72 Å². The predicted molar refractivity (Wildman–Crippen MR) is 67.5 cm³/mol. The number of ether oxygens (including phenoxy) is 1. The zero-order valence-electron chi connectivity index (χ0n) is 10.7. The lowest BCUT2D eigenvalue weighted by Crippen LogP contribution is -2.47. The first-order chi connectivity index (χ1) is 9.33. The standard InChI is InChI=1S/C12H14FNO5S/c1-19-9-5-8(6-9)14-20(17,18)11-3-2-7(12(15)16)4-10(11)13/h2-4,8-9,14H,5-6H2,1H3,(H,15,16). The van der Waals surface area contributed by atoms with E-state index in [2.05, 4.69) is 4.72 Å². The second-order valence-electron chi connectivity index (χ2n) is 4.60. The zero-order valence-corrected chi connectivity index (χ0v) is 11.5. The van der Waals surface area contributed by atoms with Gasteiger partial charge in [0.2, 0.25) is 10.0 Å². The molecule has 0 spiro atoms. The highest BCUT2D eigenvalue weighted by Crippen LogP contribution is 2.25. The van der Waals surface area contributed by atoms with E-state index in [0.29, 0.717) is 18.9 Å². The van der Waals surface area contributed by atoms with E-state index in [9.17, 15) is 17.6 Å². The SMILES string of the molecule is COC1CC(NS(=O)(=O)c2ccc(C(=O)O)cc2F)C1. The topological polar surface area (TPSA) is 92.7 Å². The van der Waals surface area contributed by atoms with E-state index >= 15 is 0 Å². The third kappa shape index (κ3) is 2.97. The summed E-state index contributed by atoms with van der Waals surface area (Å²) in [5, 5.41) is 8.71. The normalized spacial score (nSPS) is 22.3. The maximum atomic E-state index is 13.7. The summed E-state index contributed by atoms with van der Waals surface area (Å²) in [5.41, 5.74) is -0.301. The molecule has 6 nitrogen and oxygen atoms in total. The Balaban J connectivity index is 2.16. The van der Waals surface area contributed by atoms with Gasteiger partial charge in [0.25, 0.3) is 0 Å². The number of halogens is 1. The summed E-state index contributed by atoms with van der Waals surface area (Å²) in [5.74, 6) is -2.40. The summed E-state index contributed by atoms with van der Waals surface area (Å²) < 4.78 is 45.1. The maximum absolute atomic E-state index is 13.7. The Morgan fingerprint density at radius 1 is 1.45 bits per heavy atom. The van der Waals surface area contributed by atoms with Gasteiger partial charge in [-0.1, -0.05) is 0 Å². The van der Waals surface area contributed by atoms with Crippen LogP contribution in [-0.2, 0) is 14.8 Å². The number of methoxy groups -OCH3 is 1. The lowest BCUT2D eigenvalue weighted by Gasteiger charge is -2.34. The number of rotatable bonds is 5. The Kier molecular flexibility index (Phi) is 4.07. The fourth-order valence-corrected chi connectivity index (χ4v) is 3.31. The van der Waals surface area contributed by atoms with Crippen molar-refractivity contribution >= 4 is 16.0 Å². The summed E-state index contributed by atoms with van der Waals surface area (Å²) in [7, 11) is -2.46. The molecule has 1 aromatic carbocycles. The van der Waals surface area contributed by atoms with E-state index in [4.69, 9.17) is 9.84 Å². The Morgan fingerprint density at radius 3 is 2.60 bits per heavy atom. The smallest absolute Gasteiger partial charge is 0.335 e. The largest absolute Gasteiger partial charge is 0.478 e. The number of benzene rings is 1. The molecule has 110 valence electrons. The van der Waals surface area contributed by atoms with Crippen LogP contribution < -0.4 is 4.72 Å². The van der Waals surface area contributed by atoms with Crippen LogP contribution in [0.1, 0.15) is 23.2 Å². The second-order valence-corrected chi connectivity index (χ2v) is 6.28. The van der Waals surface area contributed by atoms with E-state index in [0.717, 1.165) is 12.1 Å². The highest BCUT2D eigenvalue weighted by molar-refractivity contribution is 7.89. The predicted octanol–water partition coefficient (Wildman–Crippen LogP) is 0.980. The molecule has 1 fully saturated rings. The average Bonchev–Trinajstić information content (AvgIpc) is 2.32. The van der Waals surface area contributed by atoms with Crippen LogP contribution >= 0.6 is 0 Å². The molecule has 0 atom stereocenters. The number of nitrogens with one attached hydrogen (secondary N) is 1. The summed E-state index contributed by atoms with van der Waals surface area (Å²) in [6, 6.07) is 2.41. The van der Waals surface area contributed by atoms with Gasteiger partial charge in [0.1, 0.15) is 10.7 Å². The zero-order chi connectivity index (χ0) is 14.9. The lowest BCUT2D eigenvalue weighted by atomic mass is 9.90. The number of carbonyl (C=O) groups is 1. The van der Waals surface area contributed by atoms with Gasteiger partial charge in [0, 0.05) is 13.2 Å². The van der Waals surface area contributed by atoms with E-state index in [1.165, 1.54) is 0 Å². The molecule has 1 aliphatic rings. The van der Waals surface area contributed by atoms with Crippen LogP contribution in [0.25, 0.3) is 0 Å². The van der Waals surface area contributed by atoms with E-state index in [1.807, 2.05) is 0 Å². The third-order valence-electron chi connectivity index (χ3n) is 3.22. The van der Waals surface area contributed by atoms with Gasteiger partial charge < -0.3 is 9.84 Å². The van der Waals surface area contributed by atoms with Crippen LogP contribution in [0.15, 0.2) is 23.1 Å². The van der Waals surface area contributed by atoms with E-state index in [1.54, 1.807) is 7.11 Å². The number of carboxylic acid groups (broad SMARTS) is 1. The van der Waals surface area contributed by atoms with Gasteiger partial charge >= 0.3 is 5.97 Å². The Morgan fingerprint density at radius 2 is 2.10 bits per heavy atom. The fourth-order valence-electron chi connectivity index (χ4n) is 1.99. The first-order valence-electron chi connectivity index (χ1n) is 5.91. The molecular formula is C12H14FNO5S. The molecule has 2 N–H and O–H groups in total. The van der Waals surface area contributed by atoms with Crippen molar-refractivity contribution in [2.75, 3.05) is 7.11 Å². The molecule has 0 heterocycles. The van der Waals surface area contributed by atoms with Crippen molar-refractivity contribution in [3.63, 3.8) is 0 Å². The highest BCUT2D eigenvalue weighted by Gasteiger charge is 2.33. The van der Waals surface area contributed by atoms with Crippen molar-refractivity contribution in [1.29, 1.82) is 0 Å². The Labute approximate surface area is 115 Å². The summed E-state index contributed by atoms with van der Waals surface area (Å²) in [6.07, 6.45) is 1.08. The van der Waals surface area contributed by atoms with E-state index < -0.39 is 26.7 Å². The maximum Gasteiger partial charge on any atom is 0.335 e. The minimum Gasteiger partial charge on any atom is -0.478 e. The van der Waals surface area contributed by atoms with Crippen molar-refractivity contribution in [2.24, 2.45) is 0 Å². The van der Waals surface area contributed by atoms with Gasteiger partial charge in [-0.05, 0) is 31.0 Å². The molecule has 1 aliphatic carbocycles. The molecule has 1 saturated carbocycles. The number of hydrogen-bond acceptors (Lipinski definition) is 4. The molecule has 0 aromatic heterocycles. The molecule has 0 radical (unpaired) electrons. The number of sulfonamides is 1. The molecule has 0 amide bonds. The average molecular weight is 303 g/mol. The molecule has 8 heteroatoms. The monoisotopic (exact) mass is 303 g/mol. The van der Waals surface area contributed by atoms with Gasteiger partial charge in [-0.3, -0.25) is 0 Å². The van der Waals surface area contributed by atoms with Gasteiger partial charge in [0.15, 0.2) is 0 Å². The molecule has 2 rings (SSSR count). The second kappa shape index (κ2) is 5.47. The van der Waals surface area contributed by atoms with Crippen molar-refractivity contribution in [3.05, 3.63) is 29.6 Å². The molecule has 0 aliphatic heterocycles. The Hall–Kier alpha value is -1.51. The first-order valence-corrected chi connectivity index (χ1v) is 7.40. The quantitative estimate of drug-likeness (QED) is 0.846. The van der Waals surface area contributed by atoms with E-state index in [-0.39, 0.29) is 17.7 Å². The van der Waals surface area contributed by atoms with Gasteiger partial charge in [-0.15, -0.1) is 0 Å². The first kappa shape index (κ1) is 14.9.